The molecule has 1 aliphatic rings. The van der Waals surface area contributed by atoms with Gasteiger partial charge >= 0.3 is 11.8 Å². The summed E-state index contributed by atoms with van der Waals surface area (Å²) in [4.78, 5) is 22.0. The number of benzene rings is 1. The van der Waals surface area contributed by atoms with Crippen molar-refractivity contribution in [2.24, 2.45) is 4.99 Å². The lowest BCUT2D eigenvalue weighted by Gasteiger charge is -2.29. The number of halogens is 3. The van der Waals surface area contributed by atoms with E-state index in [4.69, 9.17) is 4.42 Å². The first-order valence-electron chi connectivity index (χ1n) is 9.07. The zero-order chi connectivity index (χ0) is 21.4. The average molecular weight is 414 g/mol. The molecule has 1 N–H and O–H groups in total. The minimum absolute atomic E-state index is 0.100. The van der Waals surface area contributed by atoms with Crippen molar-refractivity contribution >= 4 is 17.6 Å². The minimum Gasteiger partial charge on any atom is -0.467 e. The highest BCUT2D eigenvalue weighted by Crippen LogP contribution is 2.41. The van der Waals surface area contributed by atoms with E-state index < -0.39 is 17.7 Å². The summed E-state index contributed by atoms with van der Waals surface area (Å²) in [5.74, 6) is -1.13. The van der Waals surface area contributed by atoms with Crippen molar-refractivity contribution in [3.63, 3.8) is 0 Å². The van der Waals surface area contributed by atoms with Crippen LogP contribution in [0.25, 0.3) is 0 Å². The van der Waals surface area contributed by atoms with Crippen LogP contribution in [0.5, 0.6) is 0 Å². The van der Waals surface area contributed by atoms with Crippen LogP contribution in [0, 0.1) is 6.92 Å². The maximum atomic E-state index is 14.3. The van der Waals surface area contributed by atoms with Gasteiger partial charge < -0.3 is 9.73 Å². The number of carbonyl (C=O) groups excluding carboxylic acids is 1. The molecule has 0 spiro atoms. The fourth-order valence-corrected chi connectivity index (χ4v) is 3.20. The Labute approximate surface area is 170 Å². The third kappa shape index (κ3) is 3.42. The van der Waals surface area contributed by atoms with Gasteiger partial charge in [-0.15, -0.1) is 0 Å². The number of nitrogens with one attached hydrogen (secondary N) is 1. The number of aromatic nitrogens is 1. The van der Waals surface area contributed by atoms with E-state index in [9.17, 15) is 18.0 Å². The SMILES string of the molecule is Cc1ccnc(N[C@]2(C(F)(F)F)N=C(c3ccccc3)N(Cc3ccco3)C2=O)c1. The second-order valence-corrected chi connectivity index (χ2v) is 6.82. The Bertz CT molecular complexity index is 1080. The van der Waals surface area contributed by atoms with E-state index in [0.29, 0.717) is 16.9 Å². The number of aliphatic imine (C=N–C) groups is 1. The van der Waals surface area contributed by atoms with Gasteiger partial charge in [0.15, 0.2) is 0 Å². The van der Waals surface area contributed by atoms with Gasteiger partial charge in [0.25, 0.3) is 5.91 Å². The van der Waals surface area contributed by atoms with Crippen LogP contribution >= 0.6 is 0 Å². The number of hydrogen-bond donors (Lipinski definition) is 1. The predicted molar refractivity (Wildman–Crippen MR) is 104 cm³/mol. The molecule has 0 bridgehead atoms. The van der Waals surface area contributed by atoms with Crippen LogP contribution in [0.4, 0.5) is 19.0 Å². The van der Waals surface area contributed by atoms with E-state index in [1.165, 1.54) is 18.5 Å². The Hall–Kier alpha value is -3.62. The molecule has 6 nitrogen and oxygen atoms in total. The van der Waals surface area contributed by atoms with E-state index in [0.717, 1.165) is 4.90 Å². The van der Waals surface area contributed by atoms with Crippen molar-refractivity contribution in [1.82, 2.24) is 9.88 Å². The average Bonchev–Trinajstić information content (AvgIpc) is 3.31. The summed E-state index contributed by atoms with van der Waals surface area (Å²) in [6.45, 7) is 1.52. The zero-order valence-electron chi connectivity index (χ0n) is 15.8. The van der Waals surface area contributed by atoms with Gasteiger partial charge in [0, 0.05) is 11.8 Å². The smallest absolute Gasteiger partial charge is 0.442 e. The molecule has 154 valence electrons. The molecule has 0 saturated heterocycles. The van der Waals surface area contributed by atoms with Crippen molar-refractivity contribution in [3.8, 4) is 0 Å². The fraction of sp³-hybridized carbons (Fsp3) is 0.190. The fourth-order valence-electron chi connectivity index (χ4n) is 3.20. The second kappa shape index (κ2) is 7.33. The predicted octanol–water partition coefficient (Wildman–Crippen LogP) is 4.14. The third-order valence-electron chi connectivity index (χ3n) is 4.64. The molecule has 30 heavy (non-hydrogen) atoms. The van der Waals surface area contributed by atoms with E-state index in [2.05, 4.69) is 15.3 Å². The first kappa shape index (κ1) is 19.7. The number of furan rings is 1. The van der Waals surface area contributed by atoms with Gasteiger partial charge in [-0.1, -0.05) is 30.3 Å². The quantitative estimate of drug-likeness (QED) is 0.681. The van der Waals surface area contributed by atoms with Gasteiger partial charge in [-0.25, -0.2) is 9.98 Å². The van der Waals surface area contributed by atoms with Crippen LogP contribution in [0.15, 0.2) is 76.5 Å². The number of rotatable bonds is 5. The lowest BCUT2D eigenvalue weighted by atomic mass is 10.1. The Balaban J connectivity index is 1.84. The molecule has 2 aromatic heterocycles. The Kier molecular flexibility index (Phi) is 4.81. The Morgan fingerprint density at radius 3 is 2.53 bits per heavy atom. The summed E-state index contributed by atoms with van der Waals surface area (Å²) in [6.07, 6.45) is -2.27. The Morgan fingerprint density at radius 1 is 1.13 bits per heavy atom. The molecule has 3 aromatic rings. The monoisotopic (exact) mass is 414 g/mol. The van der Waals surface area contributed by atoms with E-state index in [-0.39, 0.29) is 18.2 Å². The van der Waals surface area contributed by atoms with Gasteiger partial charge in [0.05, 0.1) is 12.8 Å². The lowest BCUT2D eigenvalue weighted by Crippen LogP contribution is -2.57. The third-order valence-corrected chi connectivity index (χ3v) is 4.64. The first-order chi connectivity index (χ1) is 14.3. The molecule has 0 saturated carbocycles. The molecule has 1 atom stereocenters. The first-order valence-corrected chi connectivity index (χ1v) is 9.07. The van der Waals surface area contributed by atoms with Crippen molar-refractivity contribution in [1.29, 1.82) is 0 Å². The van der Waals surface area contributed by atoms with Crippen molar-refractivity contribution < 1.29 is 22.4 Å². The Morgan fingerprint density at radius 2 is 1.90 bits per heavy atom. The number of carbonyl (C=O) groups is 1. The van der Waals surface area contributed by atoms with Crippen molar-refractivity contribution in [2.45, 2.75) is 25.3 Å². The summed E-state index contributed by atoms with van der Waals surface area (Å²) in [5, 5.41) is 2.25. The number of amidine groups is 1. The van der Waals surface area contributed by atoms with Crippen molar-refractivity contribution in [2.75, 3.05) is 5.32 Å². The molecule has 1 amide bonds. The molecule has 3 heterocycles. The number of alkyl halides is 3. The lowest BCUT2D eigenvalue weighted by molar-refractivity contribution is -0.185. The zero-order valence-corrected chi connectivity index (χ0v) is 15.8. The molecule has 1 aromatic carbocycles. The maximum Gasteiger partial charge on any atom is 0.442 e. The highest BCUT2D eigenvalue weighted by atomic mass is 19.4. The topological polar surface area (TPSA) is 70.7 Å². The standard InChI is InChI=1S/C21H17F3N4O2/c1-14-9-10-25-17(12-14)26-20(21(22,23)24)19(29)28(13-16-8-5-11-30-16)18(27-20)15-6-3-2-4-7-15/h2-12H,13H2,1H3,(H,25,26)/t20-/m0/s1. The van der Waals surface area contributed by atoms with Gasteiger partial charge in [-0.2, -0.15) is 13.2 Å². The minimum atomic E-state index is -5.02. The molecule has 1 aliphatic heterocycles. The summed E-state index contributed by atoms with van der Waals surface area (Å²) in [7, 11) is 0. The largest absolute Gasteiger partial charge is 0.467 e. The van der Waals surface area contributed by atoms with Crippen LogP contribution < -0.4 is 5.32 Å². The molecule has 0 unspecified atom stereocenters. The summed E-state index contributed by atoms with van der Waals surface area (Å²) >= 11 is 0. The van der Waals surface area contributed by atoms with Gasteiger partial charge in [0.2, 0.25) is 0 Å². The molecular formula is C21H17F3N4O2. The van der Waals surface area contributed by atoms with Crippen LogP contribution in [-0.2, 0) is 11.3 Å². The van der Waals surface area contributed by atoms with Crippen LogP contribution in [-0.4, -0.2) is 33.5 Å². The molecule has 4 rings (SSSR count). The summed E-state index contributed by atoms with van der Waals surface area (Å²) in [5.41, 5.74) is -2.14. The molecule has 9 heteroatoms. The molecule has 0 radical (unpaired) electrons. The van der Waals surface area contributed by atoms with E-state index in [1.54, 1.807) is 55.5 Å². The molecule has 0 aliphatic carbocycles. The number of anilines is 1. The number of amides is 1. The molecule has 0 fully saturated rings. The number of aryl methyl sites for hydroxylation is 1. The van der Waals surface area contributed by atoms with Gasteiger partial charge in [-0.3, -0.25) is 9.69 Å². The highest BCUT2D eigenvalue weighted by Gasteiger charge is 2.66. The van der Waals surface area contributed by atoms with E-state index in [1.807, 2.05) is 0 Å². The van der Waals surface area contributed by atoms with Crippen LogP contribution in [0.3, 0.4) is 0 Å². The normalized spacial score (nSPS) is 19.1. The van der Waals surface area contributed by atoms with Crippen molar-refractivity contribution in [3.05, 3.63) is 83.9 Å². The second-order valence-electron chi connectivity index (χ2n) is 6.82. The number of hydrogen-bond acceptors (Lipinski definition) is 5. The van der Waals surface area contributed by atoms with Gasteiger partial charge in [-0.05, 0) is 36.8 Å². The molecular weight excluding hydrogens is 397 g/mol. The number of nitrogens with zero attached hydrogens (tertiary/aromatic N) is 3. The van der Waals surface area contributed by atoms with Crippen LogP contribution in [0.2, 0.25) is 0 Å². The highest BCUT2D eigenvalue weighted by molar-refractivity contribution is 6.16. The van der Waals surface area contributed by atoms with E-state index >= 15 is 0 Å². The summed E-state index contributed by atoms with van der Waals surface area (Å²) in [6, 6.07) is 14.5. The van der Waals surface area contributed by atoms with Gasteiger partial charge in [0.1, 0.15) is 17.4 Å². The maximum absolute atomic E-state index is 14.3. The van der Waals surface area contributed by atoms with Crippen LogP contribution in [0.1, 0.15) is 16.9 Å². The number of pyridine rings is 1. The summed E-state index contributed by atoms with van der Waals surface area (Å²) < 4.78 is 48.2.